The Bertz CT molecular complexity index is 998. The fraction of sp³-hybridized carbons (Fsp3) is 0.167. The highest BCUT2D eigenvalue weighted by atomic mass is 79.9. The van der Waals surface area contributed by atoms with Crippen molar-refractivity contribution in [2.45, 2.75) is 12.1 Å². The molecule has 22 heavy (non-hydrogen) atoms. The zero-order chi connectivity index (χ0) is 16.1. The van der Waals surface area contributed by atoms with Gasteiger partial charge in [0, 0.05) is 16.3 Å². The van der Waals surface area contributed by atoms with Crippen LogP contribution in [0.1, 0.15) is 5.56 Å². The molecule has 0 atom stereocenters. The van der Waals surface area contributed by atoms with E-state index in [0.29, 0.717) is 5.82 Å². The maximum absolute atomic E-state index is 11.6. The van der Waals surface area contributed by atoms with Crippen molar-refractivity contribution in [2.24, 2.45) is 0 Å². The Balaban J connectivity index is 2.26. The Labute approximate surface area is 134 Å². The van der Waals surface area contributed by atoms with Crippen LogP contribution in [0.25, 0.3) is 17.2 Å². The van der Waals surface area contributed by atoms with E-state index in [9.17, 15) is 8.42 Å². The summed E-state index contributed by atoms with van der Waals surface area (Å²) in [5, 5.41) is 3.86. The molecule has 0 radical (unpaired) electrons. The van der Waals surface area contributed by atoms with E-state index in [2.05, 4.69) is 36.0 Å². The van der Waals surface area contributed by atoms with Crippen LogP contribution in [0.3, 0.4) is 0 Å². The molecule has 0 saturated heterocycles. The summed E-state index contributed by atoms with van der Waals surface area (Å²) < 4.78 is 25.1. The molecule has 0 amide bonds. The molecule has 114 valence electrons. The molecule has 2 N–H and O–H groups in total. The van der Waals surface area contributed by atoms with Gasteiger partial charge in [-0.1, -0.05) is 27.6 Å². The minimum Gasteiger partial charge on any atom is -0.368 e. The third-order valence-electron chi connectivity index (χ3n) is 2.91. The van der Waals surface area contributed by atoms with Crippen molar-refractivity contribution in [2.75, 3.05) is 12.0 Å². The summed E-state index contributed by atoms with van der Waals surface area (Å²) in [5.41, 5.74) is 7.54. The monoisotopic (exact) mass is 382 g/mol. The van der Waals surface area contributed by atoms with Gasteiger partial charge in [0.25, 0.3) is 10.9 Å². The summed E-state index contributed by atoms with van der Waals surface area (Å²) in [6, 6.07) is 5.73. The van der Waals surface area contributed by atoms with Crippen molar-refractivity contribution < 1.29 is 8.42 Å². The predicted molar refractivity (Wildman–Crippen MR) is 84.0 cm³/mol. The maximum atomic E-state index is 11.6. The first kappa shape index (κ1) is 14.9. The Morgan fingerprint density at radius 1 is 1.23 bits per heavy atom. The first-order chi connectivity index (χ1) is 10.3. The molecule has 3 aromatic rings. The summed E-state index contributed by atoms with van der Waals surface area (Å²) >= 11 is 3.44. The Kier molecular flexibility index (Phi) is 3.37. The number of aromatic nitrogens is 5. The highest BCUT2D eigenvalue weighted by molar-refractivity contribution is 9.10. The first-order valence-corrected chi connectivity index (χ1v) is 8.81. The lowest BCUT2D eigenvalue weighted by Gasteiger charge is -2.00. The lowest BCUT2D eigenvalue weighted by atomic mass is 10.1. The number of benzene rings is 1. The van der Waals surface area contributed by atoms with Gasteiger partial charge in [-0.3, -0.25) is 0 Å². The number of nitrogen functional groups attached to an aromatic ring is 1. The number of fused-ring (bicyclic) bond motifs is 1. The highest BCUT2D eigenvalue weighted by Gasteiger charge is 2.18. The quantitative estimate of drug-likeness (QED) is 0.708. The van der Waals surface area contributed by atoms with E-state index in [1.54, 1.807) is 0 Å². The molecule has 2 aromatic heterocycles. The molecule has 3 rings (SSSR count). The lowest BCUT2D eigenvalue weighted by Crippen LogP contribution is -2.11. The summed E-state index contributed by atoms with van der Waals surface area (Å²) in [6.07, 6.45) is 1.01. The number of nitrogens with zero attached hydrogens (tertiary/aromatic N) is 5. The van der Waals surface area contributed by atoms with Crippen LogP contribution < -0.4 is 5.73 Å². The van der Waals surface area contributed by atoms with Gasteiger partial charge in [-0.15, -0.1) is 5.10 Å². The summed E-state index contributed by atoms with van der Waals surface area (Å²) in [4.78, 5) is 11.9. The Morgan fingerprint density at radius 2 is 1.95 bits per heavy atom. The number of sulfone groups is 1. The van der Waals surface area contributed by atoms with Crippen molar-refractivity contribution in [1.82, 2.24) is 24.6 Å². The average Bonchev–Trinajstić information content (AvgIpc) is 2.85. The number of hydrogen-bond donors (Lipinski definition) is 1. The van der Waals surface area contributed by atoms with Gasteiger partial charge in [-0.05, 0) is 19.1 Å². The van der Waals surface area contributed by atoms with E-state index in [1.807, 2.05) is 25.1 Å². The van der Waals surface area contributed by atoms with Crippen LogP contribution in [-0.2, 0) is 9.84 Å². The molecular weight excluding hydrogens is 372 g/mol. The third-order valence-corrected chi connectivity index (χ3v) is 4.44. The van der Waals surface area contributed by atoms with Crippen LogP contribution in [0.15, 0.2) is 27.8 Å². The third kappa shape index (κ3) is 2.55. The molecule has 0 saturated carbocycles. The number of anilines is 1. The SMILES string of the molecule is Cc1ccc(Br)c(-c2nc3nc(S(C)(=O)=O)nc(N)n3n2)c1. The molecule has 2 heterocycles. The standard InChI is InChI=1S/C12H11BrN6O2S/c1-6-3-4-8(13)7(5-6)9-15-11-17-12(22(2,20)21)16-10(14)19(11)18-9/h3-5H,1-2H3,(H2,14,15,16,17,18). The van der Waals surface area contributed by atoms with Gasteiger partial charge in [0.1, 0.15) is 0 Å². The number of halogens is 1. The summed E-state index contributed by atoms with van der Waals surface area (Å²) in [7, 11) is -3.58. The Morgan fingerprint density at radius 3 is 2.64 bits per heavy atom. The van der Waals surface area contributed by atoms with E-state index in [0.717, 1.165) is 21.9 Å². The number of nitrogens with two attached hydrogens (primary N) is 1. The molecule has 0 aliphatic rings. The maximum Gasteiger partial charge on any atom is 0.258 e. The summed E-state index contributed by atoms with van der Waals surface area (Å²) in [6.45, 7) is 1.95. The van der Waals surface area contributed by atoms with Crippen LogP contribution >= 0.6 is 15.9 Å². The van der Waals surface area contributed by atoms with Gasteiger partial charge in [0.2, 0.25) is 15.8 Å². The van der Waals surface area contributed by atoms with Crippen LogP contribution in [-0.4, -0.2) is 39.2 Å². The van der Waals surface area contributed by atoms with Gasteiger partial charge in [-0.2, -0.15) is 19.5 Å². The smallest absolute Gasteiger partial charge is 0.258 e. The zero-order valence-corrected chi connectivity index (χ0v) is 14.1. The van der Waals surface area contributed by atoms with Gasteiger partial charge in [0.05, 0.1) is 0 Å². The molecular formula is C12H11BrN6O2S. The predicted octanol–water partition coefficient (Wildman–Crippen LogP) is 1.24. The van der Waals surface area contributed by atoms with Crippen molar-refractivity contribution in [3.05, 3.63) is 28.2 Å². The summed E-state index contributed by atoms with van der Waals surface area (Å²) in [5.74, 6) is 0.367. The molecule has 0 spiro atoms. The first-order valence-electron chi connectivity index (χ1n) is 6.12. The van der Waals surface area contributed by atoms with Crippen molar-refractivity contribution in [3.8, 4) is 11.4 Å². The highest BCUT2D eigenvalue weighted by Crippen LogP contribution is 2.27. The number of hydrogen-bond acceptors (Lipinski definition) is 7. The lowest BCUT2D eigenvalue weighted by molar-refractivity contribution is 0.592. The average molecular weight is 383 g/mol. The number of rotatable bonds is 2. The minimum absolute atomic E-state index is 0.0799. The molecule has 1 aromatic carbocycles. The molecule has 0 fully saturated rings. The Hall–Kier alpha value is -2.07. The minimum atomic E-state index is -3.58. The second-order valence-electron chi connectivity index (χ2n) is 4.77. The molecule has 10 heteroatoms. The van der Waals surface area contributed by atoms with Crippen molar-refractivity contribution in [1.29, 1.82) is 0 Å². The molecule has 0 bridgehead atoms. The van der Waals surface area contributed by atoms with Gasteiger partial charge >= 0.3 is 0 Å². The zero-order valence-electron chi connectivity index (χ0n) is 11.6. The van der Waals surface area contributed by atoms with Crippen molar-refractivity contribution in [3.63, 3.8) is 0 Å². The second kappa shape index (κ2) is 4.99. The van der Waals surface area contributed by atoms with Crippen LogP contribution in [0.2, 0.25) is 0 Å². The van der Waals surface area contributed by atoms with Crippen LogP contribution in [0.5, 0.6) is 0 Å². The fourth-order valence-corrected chi connectivity index (χ4v) is 2.81. The van der Waals surface area contributed by atoms with Gasteiger partial charge in [0.15, 0.2) is 5.82 Å². The van der Waals surface area contributed by atoms with Crippen LogP contribution in [0.4, 0.5) is 5.95 Å². The molecule has 0 aliphatic carbocycles. The van der Waals surface area contributed by atoms with Gasteiger partial charge in [-0.25, -0.2) is 8.42 Å². The van der Waals surface area contributed by atoms with E-state index in [-0.39, 0.29) is 16.9 Å². The van der Waals surface area contributed by atoms with E-state index < -0.39 is 9.84 Å². The molecule has 0 aliphatic heterocycles. The molecule has 0 unspecified atom stereocenters. The number of aryl methyl sites for hydroxylation is 1. The second-order valence-corrected chi connectivity index (χ2v) is 7.53. The van der Waals surface area contributed by atoms with E-state index in [4.69, 9.17) is 5.73 Å². The normalized spacial score (nSPS) is 12.0. The fourth-order valence-electron chi connectivity index (χ4n) is 1.88. The van der Waals surface area contributed by atoms with Crippen LogP contribution in [0, 0.1) is 6.92 Å². The largest absolute Gasteiger partial charge is 0.368 e. The van der Waals surface area contributed by atoms with E-state index in [1.165, 1.54) is 4.52 Å². The van der Waals surface area contributed by atoms with Gasteiger partial charge < -0.3 is 5.73 Å². The van der Waals surface area contributed by atoms with Crippen molar-refractivity contribution >= 4 is 37.5 Å². The topological polar surface area (TPSA) is 116 Å². The molecule has 8 nitrogen and oxygen atoms in total. The van der Waals surface area contributed by atoms with E-state index >= 15 is 0 Å².